The number of hydroxylamine groups is 1. The summed E-state index contributed by atoms with van der Waals surface area (Å²) in [5.74, 6) is -0.220. The molecule has 120 valence electrons. The molecule has 0 fully saturated rings. The number of amides is 1. The zero-order valence-corrected chi connectivity index (χ0v) is 14.5. The topological polar surface area (TPSA) is 50.4 Å². The van der Waals surface area contributed by atoms with E-state index in [1.165, 1.54) is 5.57 Å². The Morgan fingerprint density at radius 3 is 2.45 bits per heavy atom. The first-order valence-corrected chi connectivity index (χ1v) is 7.60. The van der Waals surface area contributed by atoms with Crippen molar-refractivity contribution in [3.8, 4) is 0 Å². The van der Waals surface area contributed by atoms with E-state index in [2.05, 4.69) is 37.6 Å². The van der Waals surface area contributed by atoms with Crippen LogP contribution in [0.3, 0.4) is 0 Å². The maximum absolute atomic E-state index is 12.4. The highest BCUT2D eigenvalue weighted by atomic mass is 16.7. The Morgan fingerprint density at radius 2 is 1.86 bits per heavy atom. The van der Waals surface area contributed by atoms with E-state index in [9.17, 15) is 4.79 Å². The Labute approximate surface area is 132 Å². The number of rotatable bonds is 2. The number of nitrogens with one attached hydrogen (secondary N) is 2. The molecule has 0 saturated carbocycles. The first-order valence-electron chi connectivity index (χ1n) is 7.60. The Bertz CT molecular complexity index is 637. The lowest BCUT2D eigenvalue weighted by Gasteiger charge is -2.33. The lowest BCUT2D eigenvalue weighted by Crippen LogP contribution is -2.35. The molecule has 0 atom stereocenters. The van der Waals surface area contributed by atoms with Crippen LogP contribution in [0, 0.1) is 6.92 Å². The molecule has 0 spiro atoms. The number of fused-ring (bicyclic) bond motifs is 1. The standard InChI is InChI=1S/C18H26N2O2/c1-11-10-18(6,7)19-15-12(2)14(9-8-13(11)15)16(21)20-22-17(3,4)5/h8-10,19H,1-7H3,(H,20,21). The third kappa shape index (κ3) is 3.50. The number of allylic oxidation sites excluding steroid dienone is 1. The summed E-state index contributed by atoms with van der Waals surface area (Å²) in [6.07, 6.45) is 2.21. The van der Waals surface area contributed by atoms with Gasteiger partial charge in [0.15, 0.2) is 0 Å². The molecule has 1 aliphatic heterocycles. The smallest absolute Gasteiger partial charge is 0.275 e. The zero-order valence-electron chi connectivity index (χ0n) is 14.5. The molecule has 2 rings (SSSR count). The van der Waals surface area contributed by atoms with Crippen molar-refractivity contribution in [1.29, 1.82) is 0 Å². The average molecular weight is 302 g/mol. The average Bonchev–Trinajstić information content (AvgIpc) is 2.35. The molecule has 1 aromatic carbocycles. The minimum atomic E-state index is -0.419. The van der Waals surface area contributed by atoms with Crippen molar-refractivity contribution >= 4 is 17.2 Å². The van der Waals surface area contributed by atoms with Gasteiger partial charge in [0.25, 0.3) is 5.91 Å². The van der Waals surface area contributed by atoms with Gasteiger partial charge in [0.2, 0.25) is 0 Å². The lowest BCUT2D eigenvalue weighted by molar-refractivity contribution is -0.0589. The van der Waals surface area contributed by atoms with Crippen LogP contribution >= 0.6 is 0 Å². The molecule has 1 aromatic rings. The largest absolute Gasteiger partial charge is 0.376 e. The summed E-state index contributed by atoms with van der Waals surface area (Å²) in [5.41, 5.74) is 6.94. The van der Waals surface area contributed by atoms with Crippen LogP contribution in [0.4, 0.5) is 5.69 Å². The minimum Gasteiger partial charge on any atom is -0.376 e. The molecule has 1 aliphatic rings. The van der Waals surface area contributed by atoms with E-state index in [1.54, 1.807) is 0 Å². The Kier molecular flexibility index (Phi) is 4.09. The zero-order chi connectivity index (χ0) is 16.7. The molecule has 0 unspecified atom stereocenters. The number of hydrogen-bond donors (Lipinski definition) is 2. The summed E-state index contributed by atoms with van der Waals surface area (Å²) >= 11 is 0. The molecule has 0 aromatic heterocycles. The number of anilines is 1. The Morgan fingerprint density at radius 1 is 1.23 bits per heavy atom. The fourth-order valence-corrected chi connectivity index (χ4v) is 2.68. The van der Waals surface area contributed by atoms with Crippen molar-refractivity contribution in [3.63, 3.8) is 0 Å². The van der Waals surface area contributed by atoms with Crippen molar-refractivity contribution < 1.29 is 9.63 Å². The molecular formula is C18H26N2O2. The second kappa shape index (κ2) is 5.43. The van der Waals surface area contributed by atoms with Crippen LogP contribution in [0.5, 0.6) is 0 Å². The van der Waals surface area contributed by atoms with Crippen molar-refractivity contribution in [2.75, 3.05) is 5.32 Å². The van der Waals surface area contributed by atoms with Crippen molar-refractivity contribution in [3.05, 3.63) is 34.9 Å². The van der Waals surface area contributed by atoms with Crippen molar-refractivity contribution in [2.24, 2.45) is 0 Å². The van der Waals surface area contributed by atoms with Gasteiger partial charge < -0.3 is 5.32 Å². The van der Waals surface area contributed by atoms with Crippen LogP contribution in [-0.4, -0.2) is 17.0 Å². The Hall–Kier alpha value is -1.81. The van der Waals surface area contributed by atoms with Gasteiger partial charge in [-0.1, -0.05) is 12.1 Å². The highest BCUT2D eigenvalue weighted by Gasteiger charge is 2.26. The van der Waals surface area contributed by atoms with Gasteiger partial charge in [0, 0.05) is 16.8 Å². The summed E-state index contributed by atoms with van der Waals surface area (Å²) in [7, 11) is 0. The molecule has 22 heavy (non-hydrogen) atoms. The molecule has 1 amide bonds. The summed E-state index contributed by atoms with van der Waals surface area (Å²) in [5, 5.41) is 3.51. The first kappa shape index (κ1) is 16.6. The van der Waals surface area contributed by atoms with Gasteiger partial charge in [-0.05, 0) is 65.7 Å². The van der Waals surface area contributed by atoms with Crippen LogP contribution in [-0.2, 0) is 4.84 Å². The molecular weight excluding hydrogens is 276 g/mol. The highest BCUT2D eigenvalue weighted by molar-refractivity contribution is 5.98. The van der Waals surface area contributed by atoms with Crippen LogP contribution in [0.15, 0.2) is 18.2 Å². The van der Waals surface area contributed by atoms with Gasteiger partial charge in [-0.15, -0.1) is 0 Å². The summed E-state index contributed by atoms with van der Waals surface area (Å²) in [6.45, 7) is 14.0. The van der Waals surface area contributed by atoms with E-state index >= 15 is 0 Å². The minimum absolute atomic E-state index is 0.126. The quantitative estimate of drug-likeness (QED) is 0.810. The van der Waals surface area contributed by atoms with E-state index in [0.29, 0.717) is 5.56 Å². The SMILES string of the molecule is CC1=CC(C)(C)Nc2c1ccc(C(=O)NOC(C)(C)C)c2C. The molecule has 0 bridgehead atoms. The molecule has 4 nitrogen and oxygen atoms in total. The van der Waals surface area contributed by atoms with E-state index in [1.807, 2.05) is 39.8 Å². The third-order valence-corrected chi connectivity index (χ3v) is 3.61. The number of carbonyl (C=O) groups excluding carboxylic acids is 1. The van der Waals surface area contributed by atoms with E-state index in [-0.39, 0.29) is 11.4 Å². The van der Waals surface area contributed by atoms with Crippen LogP contribution < -0.4 is 10.8 Å². The molecule has 0 radical (unpaired) electrons. The van der Waals surface area contributed by atoms with Crippen molar-refractivity contribution in [2.45, 2.75) is 59.6 Å². The van der Waals surface area contributed by atoms with E-state index < -0.39 is 5.60 Å². The van der Waals surface area contributed by atoms with Crippen LogP contribution in [0.1, 0.15) is 63.0 Å². The normalized spacial score (nSPS) is 16.4. The maximum atomic E-state index is 12.4. The lowest BCUT2D eigenvalue weighted by atomic mass is 9.88. The first-order chi connectivity index (χ1) is 10.0. The number of carbonyl (C=O) groups is 1. The molecule has 1 heterocycles. The molecule has 2 N–H and O–H groups in total. The molecule has 0 saturated heterocycles. The number of benzene rings is 1. The third-order valence-electron chi connectivity index (χ3n) is 3.61. The van der Waals surface area contributed by atoms with Gasteiger partial charge in [0.1, 0.15) is 0 Å². The van der Waals surface area contributed by atoms with Crippen LogP contribution in [0.25, 0.3) is 5.57 Å². The van der Waals surface area contributed by atoms with E-state index in [0.717, 1.165) is 16.8 Å². The monoisotopic (exact) mass is 302 g/mol. The second-order valence-corrected chi connectivity index (χ2v) is 7.48. The highest BCUT2D eigenvalue weighted by Crippen LogP contribution is 2.37. The predicted molar refractivity (Wildman–Crippen MR) is 90.8 cm³/mol. The van der Waals surface area contributed by atoms with Crippen LogP contribution in [0.2, 0.25) is 0 Å². The van der Waals surface area contributed by atoms with Gasteiger partial charge in [-0.3, -0.25) is 9.63 Å². The summed E-state index contributed by atoms with van der Waals surface area (Å²) in [6, 6.07) is 3.84. The van der Waals surface area contributed by atoms with Gasteiger partial charge in [-0.25, -0.2) is 5.48 Å². The fourth-order valence-electron chi connectivity index (χ4n) is 2.68. The summed E-state index contributed by atoms with van der Waals surface area (Å²) in [4.78, 5) is 17.7. The maximum Gasteiger partial charge on any atom is 0.275 e. The Balaban J connectivity index is 2.34. The van der Waals surface area contributed by atoms with Crippen molar-refractivity contribution in [1.82, 2.24) is 5.48 Å². The predicted octanol–water partition coefficient (Wildman–Crippen LogP) is 4.06. The number of hydrogen-bond acceptors (Lipinski definition) is 3. The van der Waals surface area contributed by atoms with Gasteiger partial charge >= 0.3 is 0 Å². The van der Waals surface area contributed by atoms with Gasteiger partial charge in [-0.2, -0.15) is 0 Å². The fraction of sp³-hybridized carbons (Fsp3) is 0.500. The second-order valence-electron chi connectivity index (χ2n) is 7.48. The molecule has 0 aliphatic carbocycles. The van der Waals surface area contributed by atoms with E-state index in [4.69, 9.17) is 4.84 Å². The summed E-state index contributed by atoms with van der Waals surface area (Å²) < 4.78 is 0. The van der Waals surface area contributed by atoms with Gasteiger partial charge in [0.05, 0.1) is 11.1 Å². The molecule has 4 heteroatoms.